The van der Waals surface area contributed by atoms with Crippen LogP contribution < -0.4 is 0 Å². The molecule has 0 rings (SSSR count). The van der Waals surface area contributed by atoms with Crippen molar-refractivity contribution in [2.45, 2.75) is 34.0 Å². The third kappa shape index (κ3) is 4.65. The Bertz CT molecular complexity index is 551. The molecule has 0 aliphatic carbocycles. The number of ether oxygens (including phenoxy) is 2. The number of alkyl halides is 13. The van der Waals surface area contributed by atoms with E-state index in [1.165, 1.54) is 0 Å². The Labute approximate surface area is 148 Å². The van der Waals surface area contributed by atoms with Crippen molar-refractivity contribution >= 4 is 34.8 Å². The molecule has 0 aliphatic rings. The largest absolute Gasteiger partial charge is 0.471 e. The number of halogens is 16. The quantitative estimate of drug-likeness (QED) is 0.246. The zero-order chi connectivity index (χ0) is 21.6. The summed E-state index contributed by atoms with van der Waals surface area (Å²) in [6, 6.07) is -3.86. The van der Waals surface area contributed by atoms with E-state index >= 15 is 0 Å². The summed E-state index contributed by atoms with van der Waals surface area (Å²) in [5.41, 5.74) is 0. The first-order valence-corrected chi connectivity index (χ1v) is 6.22. The highest BCUT2D eigenvalue weighted by molar-refractivity contribution is 6.68. The van der Waals surface area contributed by atoms with Gasteiger partial charge < -0.3 is 4.74 Å². The van der Waals surface area contributed by atoms with Crippen LogP contribution in [0.4, 0.5) is 57.1 Å². The molecule has 0 spiro atoms. The van der Waals surface area contributed by atoms with Gasteiger partial charge in [0.15, 0.2) is 0 Å². The summed E-state index contributed by atoms with van der Waals surface area (Å²) in [7, 11) is 0. The van der Waals surface area contributed by atoms with E-state index in [9.17, 15) is 57.1 Å². The third-order valence-corrected chi connectivity index (χ3v) is 2.81. The SMILES string of the molecule is FC(F)=C(F)OC(F)(F)C(F)(OC(F)(F)C(F)(F)C(Cl)(Cl)Cl)C(F)(F)F. The van der Waals surface area contributed by atoms with Gasteiger partial charge in [0.05, 0.1) is 0 Å². The molecular weight excluding hydrogens is 481 g/mol. The molecule has 0 saturated carbocycles. The van der Waals surface area contributed by atoms with Gasteiger partial charge in [-0.3, -0.25) is 4.74 Å². The second kappa shape index (κ2) is 7.13. The fraction of sp³-hybridized carbons (Fsp3) is 0.750. The highest BCUT2D eigenvalue weighted by Gasteiger charge is 2.82. The van der Waals surface area contributed by atoms with Gasteiger partial charge in [0.1, 0.15) is 0 Å². The number of hydrogen-bond acceptors (Lipinski definition) is 2. The smallest absolute Gasteiger partial charge is 0.398 e. The van der Waals surface area contributed by atoms with Crippen LogP contribution in [0.2, 0.25) is 0 Å². The monoisotopic (exact) mass is 480 g/mol. The average molecular weight is 481 g/mol. The molecule has 26 heavy (non-hydrogen) atoms. The molecule has 0 fully saturated rings. The van der Waals surface area contributed by atoms with Gasteiger partial charge in [0.2, 0.25) is 0 Å². The van der Waals surface area contributed by atoms with Crippen LogP contribution in [0.5, 0.6) is 0 Å². The minimum Gasteiger partial charge on any atom is -0.398 e. The van der Waals surface area contributed by atoms with Gasteiger partial charge in [-0.05, 0) is 0 Å². The molecule has 18 heteroatoms. The van der Waals surface area contributed by atoms with Crippen LogP contribution >= 0.6 is 34.8 Å². The summed E-state index contributed by atoms with van der Waals surface area (Å²) < 4.78 is 164. The van der Waals surface area contributed by atoms with Crippen LogP contribution in [-0.2, 0) is 9.47 Å². The summed E-state index contributed by atoms with van der Waals surface area (Å²) in [5.74, 6) is -13.7. The topological polar surface area (TPSA) is 18.5 Å². The van der Waals surface area contributed by atoms with E-state index in [0.29, 0.717) is 0 Å². The first-order chi connectivity index (χ1) is 11.0. The lowest BCUT2D eigenvalue weighted by molar-refractivity contribution is -0.516. The highest BCUT2D eigenvalue weighted by Crippen LogP contribution is 2.57. The molecule has 1 unspecified atom stereocenters. The molecule has 0 aliphatic heterocycles. The second-order valence-electron chi connectivity index (χ2n) is 3.94. The van der Waals surface area contributed by atoms with Gasteiger partial charge in [0.25, 0.3) is 3.79 Å². The fourth-order valence-electron chi connectivity index (χ4n) is 0.905. The molecule has 156 valence electrons. The molecule has 0 radical (unpaired) electrons. The first-order valence-electron chi connectivity index (χ1n) is 5.09. The minimum atomic E-state index is -7.38. The molecule has 0 N–H and O–H groups in total. The second-order valence-corrected chi connectivity index (χ2v) is 6.22. The first kappa shape index (κ1) is 25.5. The zero-order valence-corrected chi connectivity index (χ0v) is 13.1. The van der Waals surface area contributed by atoms with Crippen molar-refractivity contribution in [3.05, 3.63) is 12.1 Å². The maximum absolute atomic E-state index is 13.5. The van der Waals surface area contributed by atoms with Gasteiger partial charge in [-0.15, -0.1) is 0 Å². The predicted octanol–water partition coefficient (Wildman–Crippen LogP) is 6.47. The molecule has 2 nitrogen and oxygen atoms in total. The third-order valence-electron chi connectivity index (χ3n) is 2.10. The standard InChI is InChI=1S/C8Cl3F13O2/c9-5(10,11)3(15,16)7(21,22)26-4(17,6(18,19)20)8(23,24)25-2(14)1(12)13. The van der Waals surface area contributed by atoms with E-state index < -0.39 is 46.1 Å². The van der Waals surface area contributed by atoms with Crippen LogP contribution in [0.3, 0.4) is 0 Å². The van der Waals surface area contributed by atoms with Crippen LogP contribution in [0, 0.1) is 0 Å². The van der Waals surface area contributed by atoms with Crippen molar-refractivity contribution in [3.63, 3.8) is 0 Å². The Balaban J connectivity index is 6.27. The van der Waals surface area contributed by atoms with Crippen molar-refractivity contribution in [1.82, 2.24) is 0 Å². The molecule has 0 heterocycles. The number of hydrogen-bond donors (Lipinski definition) is 0. The molecule has 0 aromatic heterocycles. The van der Waals surface area contributed by atoms with E-state index in [0.717, 1.165) is 0 Å². The molecule has 0 amide bonds. The molecule has 0 aromatic rings. The van der Waals surface area contributed by atoms with E-state index in [-0.39, 0.29) is 0 Å². The molecule has 0 aromatic carbocycles. The molecule has 0 saturated heterocycles. The fourth-order valence-corrected chi connectivity index (χ4v) is 1.23. The predicted molar refractivity (Wildman–Crippen MR) is 57.5 cm³/mol. The Morgan fingerprint density at radius 2 is 1.04 bits per heavy atom. The summed E-state index contributed by atoms with van der Waals surface area (Å²) in [4.78, 5) is 0. The summed E-state index contributed by atoms with van der Waals surface area (Å²) in [6.45, 7) is 0. The maximum Gasteiger partial charge on any atom is 0.471 e. The van der Waals surface area contributed by atoms with E-state index in [1.807, 2.05) is 4.74 Å². The van der Waals surface area contributed by atoms with E-state index in [2.05, 4.69) is 34.8 Å². The lowest BCUT2D eigenvalue weighted by Gasteiger charge is -2.38. The maximum atomic E-state index is 13.5. The average Bonchev–Trinajstić information content (AvgIpc) is 2.34. The van der Waals surface area contributed by atoms with E-state index in [1.54, 1.807) is 4.74 Å². The van der Waals surface area contributed by atoms with Gasteiger partial charge in [-0.1, -0.05) is 34.8 Å². The van der Waals surface area contributed by atoms with Crippen molar-refractivity contribution < 1.29 is 66.5 Å². The molecule has 0 bridgehead atoms. The van der Waals surface area contributed by atoms with Gasteiger partial charge in [-0.2, -0.15) is 57.1 Å². The van der Waals surface area contributed by atoms with Crippen molar-refractivity contribution in [2.75, 3.05) is 0 Å². The van der Waals surface area contributed by atoms with Gasteiger partial charge in [-0.25, -0.2) is 0 Å². The van der Waals surface area contributed by atoms with Gasteiger partial charge in [0, 0.05) is 0 Å². The molecular formula is C8Cl3F13O2. The summed E-state index contributed by atoms with van der Waals surface area (Å²) in [5, 5.41) is 0. The lowest BCUT2D eigenvalue weighted by Crippen LogP contribution is -2.64. The normalized spacial score (nSPS) is 16.9. The highest BCUT2D eigenvalue weighted by atomic mass is 35.6. The van der Waals surface area contributed by atoms with Crippen molar-refractivity contribution in [3.8, 4) is 0 Å². The minimum absolute atomic E-state index is 1.79. The van der Waals surface area contributed by atoms with E-state index in [4.69, 9.17) is 0 Å². The molecule has 1 atom stereocenters. The zero-order valence-electron chi connectivity index (χ0n) is 10.9. The van der Waals surface area contributed by atoms with Crippen LogP contribution in [-0.4, -0.2) is 34.0 Å². The van der Waals surface area contributed by atoms with Crippen LogP contribution in [0.25, 0.3) is 0 Å². The summed E-state index contributed by atoms with van der Waals surface area (Å²) in [6.07, 6.45) is -25.3. The van der Waals surface area contributed by atoms with Gasteiger partial charge >= 0.3 is 42.3 Å². The van der Waals surface area contributed by atoms with Crippen LogP contribution in [0.1, 0.15) is 0 Å². The van der Waals surface area contributed by atoms with Crippen LogP contribution in [0.15, 0.2) is 12.1 Å². The Kier molecular flexibility index (Phi) is 6.98. The Morgan fingerprint density at radius 1 is 0.654 bits per heavy atom. The lowest BCUT2D eigenvalue weighted by atomic mass is 10.2. The van der Waals surface area contributed by atoms with Crippen molar-refractivity contribution in [1.29, 1.82) is 0 Å². The Morgan fingerprint density at radius 3 is 1.31 bits per heavy atom. The van der Waals surface area contributed by atoms with Crippen molar-refractivity contribution in [2.24, 2.45) is 0 Å². The Hall–Kier alpha value is -0.540. The summed E-state index contributed by atoms with van der Waals surface area (Å²) >= 11 is 13.0. The number of rotatable bonds is 6.